The molecule has 152 valence electrons. The number of piperazine rings is 1. The van der Waals surface area contributed by atoms with Crippen molar-refractivity contribution in [1.29, 1.82) is 0 Å². The SMILES string of the molecule is CC1CN(C(=O)N[C@@H](C)c2ccc(Cl)c(Cl)c2)CCN1c1nccn2cnnc12. The van der Waals surface area contributed by atoms with Crippen LogP contribution < -0.4 is 10.2 Å². The summed E-state index contributed by atoms with van der Waals surface area (Å²) >= 11 is 12.1. The lowest BCUT2D eigenvalue weighted by molar-refractivity contribution is 0.183. The lowest BCUT2D eigenvalue weighted by Gasteiger charge is -2.40. The first-order chi connectivity index (χ1) is 13.9. The molecule has 1 saturated heterocycles. The third kappa shape index (κ3) is 3.95. The average Bonchev–Trinajstić information content (AvgIpc) is 3.19. The third-order valence-electron chi connectivity index (χ3n) is 5.17. The van der Waals surface area contributed by atoms with Crippen molar-refractivity contribution in [3.63, 3.8) is 0 Å². The van der Waals surface area contributed by atoms with Crippen molar-refractivity contribution in [3.05, 3.63) is 52.5 Å². The zero-order chi connectivity index (χ0) is 20.5. The standard InChI is InChI=1S/C19H21Cl2N7O/c1-12-10-26(19(29)24-13(2)14-3-4-15(20)16(21)9-14)7-8-28(12)17-18-25-23-11-27(18)6-5-22-17/h3-6,9,11-13H,7-8,10H2,1-2H3,(H,24,29)/t12?,13-/m0/s1. The second-order valence-corrected chi connectivity index (χ2v) is 7.96. The molecule has 3 aromatic rings. The zero-order valence-corrected chi connectivity index (χ0v) is 17.6. The predicted molar refractivity (Wildman–Crippen MR) is 113 cm³/mol. The van der Waals surface area contributed by atoms with Gasteiger partial charge in [-0.3, -0.25) is 4.40 Å². The molecule has 0 saturated carbocycles. The fraction of sp³-hybridized carbons (Fsp3) is 0.368. The van der Waals surface area contributed by atoms with Crippen molar-refractivity contribution in [2.75, 3.05) is 24.5 Å². The van der Waals surface area contributed by atoms with E-state index in [4.69, 9.17) is 23.2 Å². The first-order valence-electron chi connectivity index (χ1n) is 9.35. The second kappa shape index (κ2) is 8.04. The van der Waals surface area contributed by atoms with Gasteiger partial charge in [-0.05, 0) is 31.5 Å². The molecule has 1 N–H and O–H groups in total. The number of benzene rings is 1. The van der Waals surface area contributed by atoms with Gasteiger partial charge in [0.15, 0.2) is 5.82 Å². The summed E-state index contributed by atoms with van der Waals surface area (Å²) in [6.45, 7) is 5.82. The van der Waals surface area contributed by atoms with Gasteiger partial charge in [0, 0.05) is 38.1 Å². The van der Waals surface area contributed by atoms with E-state index in [1.54, 1.807) is 24.7 Å². The topological polar surface area (TPSA) is 78.7 Å². The van der Waals surface area contributed by atoms with Gasteiger partial charge in [0.1, 0.15) is 6.33 Å². The fourth-order valence-corrected chi connectivity index (χ4v) is 3.85. The predicted octanol–water partition coefficient (Wildman–Crippen LogP) is 3.41. The summed E-state index contributed by atoms with van der Waals surface area (Å²) in [4.78, 5) is 21.3. The third-order valence-corrected chi connectivity index (χ3v) is 5.91. The Labute approximate surface area is 178 Å². The number of anilines is 1. The summed E-state index contributed by atoms with van der Waals surface area (Å²) in [6.07, 6.45) is 5.20. The highest BCUT2D eigenvalue weighted by atomic mass is 35.5. The number of urea groups is 1. The number of carbonyl (C=O) groups is 1. The van der Waals surface area contributed by atoms with Gasteiger partial charge in [-0.15, -0.1) is 10.2 Å². The first-order valence-corrected chi connectivity index (χ1v) is 10.1. The molecular weight excluding hydrogens is 413 g/mol. The number of aromatic nitrogens is 4. The lowest BCUT2D eigenvalue weighted by Crippen LogP contribution is -2.56. The van der Waals surface area contributed by atoms with Crippen LogP contribution in [-0.2, 0) is 0 Å². The Morgan fingerprint density at radius 1 is 1.28 bits per heavy atom. The molecule has 1 unspecified atom stereocenters. The van der Waals surface area contributed by atoms with Gasteiger partial charge in [-0.25, -0.2) is 9.78 Å². The molecule has 4 rings (SSSR count). The Morgan fingerprint density at radius 2 is 2.10 bits per heavy atom. The maximum absolute atomic E-state index is 12.8. The van der Waals surface area contributed by atoms with E-state index < -0.39 is 0 Å². The van der Waals surface area contributed by atoms with Crippen LogP contribution in [0.15, 0.2) is 36.9 Å². The minimum Gasteiger partial charge on any atom is -0.347 e. The summed E-state index contributed by atoms with van der Waals surface area (Å²) in [5.74, 6) is 0.779. The first kappa shape index (κ1) is 19.7. The van der Waals surface area contributed by atoms with Gasteiger partial charge in [-0.1, -0.05) is 29.3 Å². The van der Waals surface area contributed by atoms with Crippen molar-refractivity contribution < 1.29 is 4.79 Å². The molecule has 1 aromatic carbocycles. The van der Waals surface area contributed by atoms with E-state index in [0.29, 0.717) is 35.3 Å². The Morgan fingerprint density at radius 3 is 2.86 bits per heavy atom. The van der Waals surface area contributed by atoms with Crippen LogP contribution in [0.25, 0.3) is 5.65 Å². The molecule has 29 heavy (non-hydrogen) atoms. The number of hydrogen-bond acceptors (Lipinski definition) is 5. The monoisotopic (exact) mass is 433 g/mol. The Hall–Kier alpha value is -2.58. The number of halogens is 2. The van der Waals surface area contributed by atoms with Crippen LogP contribution in [0.2, 0.25) is 10.0 Å². The van der Waals surface area contributed by atoms with E-state index in [2.05, 4.69) is 32.3 Å². The van der Waals surface area contributed by atoms with E-state index in [1.807, 2.05) is 28.5 Å². The molecule has 8 nitrogen and oxygen atoms in total. The van der Waals surface area contributed by atoms with Crippen molar-refractivity contribution in [2.45, 2.75) is 25.9 Å². The Bertz CT molecular complexity index is 1040. The molecule has 0 radical (unpaired) electrons. The summed E-state index contributed by atoms with van der Waals surface area (Å²) in [5.41, 5.74) is 1.62. The van der Waals surface area contributed by atoms with E-state index in [0.717, 1.165) is 11.4 Å². The average molecular weight is 434 g/mol. The molecule has 2 amide bonds. The highest BCUT2D eigenvalue weighted by Crippen LogP contribution is 2.26. The van der Waals surface area contributed by atoms with E-state index in [-0.39, 0.29) is 18.1 Å². The number of fused-ring (bicyclic) bond motifs is 1. The van der Waals surface area contributed by atoms with Crippen LogP contribution in [-0.4, -0.2) is 56.2 Å². The minimum atomic E-state index is -0.183. The van der Waals surface area contributed by atoms with Gasteiger partial charge in [0.05, 0.1) is 16.1 Å². The maximum atomic E-state index is 12.8. The van der Waals surface area contributed by atoms with Crippen LogP contribution in [0.4, 0.5) is 10.6 Å². The number of carbonyl (C=O) groups excluding carboxylic acids is 1. The summed E-state index contributed by atoms with van der Waals surface area (Å²) < 4.78 is 1.84. The lowest BCUT2D eigenvalue weighted by atomic mass is 10.1. The Balaban J connectivity index is 1.42. The summed E-state index contributed by atoms with van der Waals surface area (Å²) in [6, 6.07) is 5.18. The minimum absolute atomic E-state index is 0.0881. The van der Waals surface area contributed by atoms with Gasteiger partial charge in [0.2, 0.25) is 5.65 Å². The van der Waals surface area contributed by atoms with Crippen LogP contribution >= 0.6 is 23.2 Å². The molecule has 2 aromatic heterocycles. The highest BCUT2D eigenvalue weighted by Gasteiger charge is 2.29. The normalized spacial score (nSPS) is 18.1. The molecule has 2 atom stereocenters. The fourth-order valence-electron chi connectivity index (χ4n) is 3.55. The summed E-state index contributed by atoms with van der Waals surface area (Å²) in [7, 11) is 0. The zero-order valence-electron chi connectivity index (χ0n) is 16.1. The largest absolute Gasteiger partial charge is 0.347 e. The number of nitrogens with zero attached hydrogens (tertiary/aromatic N) is 6. The second-order valence-electron chi connectivity index (χ2n) is 7.15. The molecule has 10 heteroatoms. The Kier molecular flexibility index (Phi) is 5.47. The molecule has 1 aliphatic heterocycles. The van der Waals surface area contributed by atoms with E-state index in [9.17, 15) is 4.79 Å². The van der Waals surface area contributed by atoms with Crippen molar-refractivity contribution in [1.82, 2.24) is 29.8 Å². The van der Waals surface area contributed by atoms with Gasteiger partial charge < -0.3 is 15.1 Å². The van der Waals surface area contributed by atoms with Crippen LogP contribution in [0.5, 0.6) is 0 Å². The van der Waals surface area contributed by atoms with Crippen molar-refractivity contribution >= 4 is 40.7 Å². The molecule has 1 aliphatic rings. The van der Waals surface area contributed by atoms with Crippen molar-refractivity contribution in [2.24, 2.45) is 0 Å². The van der Waals surface area contributed by atoms with Crippen LogP contribution in [0, 0.1) is 0 Å². The van der Waals surface area contributed by atoms with Gasteiger partial charge in [-0.2, -0.15) is 0 Å². The number of nitrogens with one attached hydrogen (secondary N) is 1. The quantitative estimate of drug-likeness (QED) is 0.684. The van der Waals surface area contributed by atoms with Crippen LogP contribution in [0.1, 0.15) is 25.5 Å². The highest BCUT2D eigenvalue weighted by molar-refractivity contribution is 6.42. The molecule has 0 bridgehead atoms. The molecule has 0 spiro atoms. The number of hydrogen-bond donors (Lipinski definition) is 1. The smallest absolute Gasteiger partial charge is 0.318 e. The summed E-state index contributed by atoms with van der Waals surface area (Å²) in [5, 5.41) is 12.1. The van der Waals surface area contributed by atoms with Crippen LogP contribution in [0.3, 0.4) is 0 Å². The molecular formula is C19H21Cl2N7O. The maximum Gasteiger partial charge on any atom is 0.318 e. The van der Waals surface area contributed by atoms with E-state index in [1.165, 1.54) is 0 Å². The molecule has 0 aliphatic carbocycles. The number of rotatable bonds is 3. The molecule has 1 fully saturated rings. The molecule has 3 heterocycles. The van der Waals surface area contributed by atoms with Crippen molar-refractivity contribution in [3.8, 4) is 0 Å². The number of amides is 2. The van der Waals surface area contributed by atoms with Gasteiger partial charge >= 0.3 is 6.03 Å². The van der Waals surface area contributed by atoms with E-state index >= 15 is 0 Å². The van der Waals surface area contributed by atoms with Gasteiger partial charge in [0.25, 0.3) is 0 Å².